The van der Waals surface area contributed by atoms with Gasteiger partial charge in [0.25, 0.3) is 11.8 Å². The van der Waals surface area contributed by atoms with Crippen LogP contribution < -0.4 is 31.5 Å². The Morgan fingerprint density at radius 1 is 0.604 bits per heavy atom. The monoisotopic (exact) mass is 778 g/mol. The molecule has 3 aliphatic heterocycles. The zero-order chi connectivity index (χ0) is 36.3. The van der Waals surface area contributed by atoms with Crippen molar-refractivity contribution in [2.75, 3.05) is 41.7 Å². The normalized spacial score (nSPS) is 19.9. The average molecular weight is 780 g/mol. The van der Waals surface area contributed by atoms with Crippen LogP contribution in [0.4, 0.5) is 29.0 Å². The quantitative estimate of drug-likeness (QED) is 0.141. The van der Waals surface area contributed by atoms with Crippen molar-refractivity contribution < 1.29 is 9.59 Å². The number of hydrogen-bond donors (Lipinski definition) is 5. The summed E-state index contributed by atoms with van der Waals surface area (Å²) in [5.74, 6) is 1.02. The molecule has 2 aromatic carbocycles. The van der Waals surface area contributed by atoms with E-state index in [1.54, 1.807) is 12.4 Å². The first-order chi connectivity index (χ1) is 25.9. The van der Waals surface area contributed by atoms with Crippen molar-refractivity contribution in [2.24, 2.45) is 0 Å². The second-order valence-corrected chi connectivity index (χ2v) is 15.8. The Labute approximate surface area is 318 Å². The number of carbonyl (C=O) groups is 2. The Morgan fingerprint density at radius 3 is 1.49 bits per heavy atom. The van der Waals surface area contributed by atoms with Gasteiger partial charge in [0.05, 0.1) is 33.6 Å². The second-order valence-electron chi connectivity index (χ2n) is 14.9. The maximum Gasteiger partial charge on any atom is 0.255 e. The van der Waals surface area contributed by atoms with Crippen LogP contribution in [-0.4, -0.2) is 57.9 Å². The molecule has 5 N–H and O–H groups in total. The highest BCUT2D eigenvalue weighted by molar-refractivity contribution is 9.10. The van der Waals surface area contributed by atoms with Crippen molar-refractivity contribution in [1.82, 2.24) is 35.9 Å². The smallest absolute Gasteiger partial charge is 0.255 e. The topological polar surface area (TPSA) is 149 Å². The number of nitrogens with zero attached hydrogens (tertiary/aromatic N) is 5. The summed E-state index contributed by atoms with van der Waals surface area (Å²) in [5, 5.41) is 16.4. The van der Waals surface area contributed by atoms with Crippen LogP contribution >= 0.6 is 15.9 Å². The number of nitrogens with one attached hydrogen (secondary N) is 5. The molecule has 3 fully saturated rings. The first kappa shape index (κ1) is 35.4. The highest BCUT2D eigenvalue weighted by Crippen LogP contribution is 2.42. The van der Waals surface area contributed by atoms with E-state index in [1.165, 1.54) is 31.4 Å². The van der Waals surface area contributed by atoms with Crippen molar-refractivity contribution in [3.63, 3.8) is 0 Å². The molecule has 13 heteroatoms. The zero-order valence-electron chi connectivity index (χ0n) is 30.0. The third-order valence-corrected chi connectivity index (χ3v) is 11.8. The van der Waals surface area contributed by atoms with E-state index in [0.29, 0.717) is 23.0 Å². The lowest BCUT2D eigenvalue weighted by molar-refractivity contribution is 0.0912. The van der Waals surface area contributed by atoms with Gasteiger partial charge in [-0.25, -0.2) is 19.9 Å². The molecule has 1 saturated heterocycles. The van der Waals surface area contributed by atoms with Gasteiger partial charge >= 0.3 is 0 Å². The number of fused-ring (bicyclic) bond motifs is 4. The first-order valence-corrected chi connectivity index (χ1v) is 19.9. The van der Waals surface area contributed by atoms with Gasteiger partial charge in [0.1, 0.15) is 0 Å². The minimum atomic E-state index is -0.311. The van der Waals surface area contributed by atoms with Crippen molar-refractivity contribution in [3.05, 3.63) is 87.9 Å². The molecule has 0 radical (unpaired) electrons. The van der Waals surface area contributed by atoms with E-state index in [0.717, 1.165) is 105 Å². The van der Waals surface area contributed by atoms with Crippen LogP contribution in [-0.2, 0) is 11.1 Å². The van der Waals surface area contributed by atoms with Gasteiger partial charge in [-0.2, -0.15) is 0 Å². The molecule has 2 spiro atoms. The van der Waals surface area contributed by atoms with Crippen LogP contribution in [0.5, 0.6) is 0 Å². The zero-order valence-corrected chi connectivity index (χ0v) is 31.6. The number of halogens is 1. The number of piperazine rings is 1. The van der Waals surface area contributed by atoms with Crippen molar-refractivity contribution in [1.29, 1.82) is 0 Å². The molecule has 0 atom stereocenters. The maximum absolute atomic E-state index is 12.5. The maximum atomic E-state index is 12.5. The molecular formula is C40H47BrN10O2. The Hall–Kier alpha value is -4.62. The molecule has 2 amide bonds. The standard InChI is InChI=1S/C22H28N6O.C18H19BrN4O/c29-20-18-15-24-21(26-19(18)22(27-20)9-3-1-2-4-10-22)25-16-5-7-17(8-6-16)28-13-11-23-12-14-28;19-12-5-7-13(8-6-12)21-17-20-11-14-15(22-17)18(23-16(14)24)9-3-1-2-4-10-18/h5-8,15,23H,1-4,9-14H2,(H,27,29)(H,24,25,26);5-8,11H,1-4,9-10H2,(H,23,24)(H,20,21,22). The molecular weight excluding hydrogens is 732 g/mol. The number of anilines is 5. The van der Waals surface area contributed by atoms with E-state index < -0.39 is 0 Å². The Morgan fingerprint density at radius 2 is 1.04 bits per heavy atom. The SMILES string of the molecule is O=C1NC2(CCCCCC2)c2nc(Nc3ccc(Br)cc3)ncc21.O=C1NC2(CCCCCC2)c2nc(Nc3ccc(N4CCNCC4)cc3)ncc21. The van der Waals surface area contributed by atoms with Gasteiger partial charge in [0, 0.05) is 60.1 Å². The number of aromatic nitrogens is 4. The lowest BCUT2D eigenvalue weighted by atomic mass is 9.88. The predicted octanol–water partition coefficient (Wildman–Crippen LogP) is 7.20. The van der Waals surface area contributed by atoms with E-state index in [9.17, 15) is 9.59 Å². The fourth-order valence-electron chi connectivity index (χ4n) is 8.49. The van der Waals surface area contributed by atoms with E-state index in [1.807, 2.05) is 24.3 Å². The summed E-state index contributed by atoms with van der Waals surface area (Å²) in [4.78, 5) is 45.5. The summed E-state index contributed by atoms with van der Waals surface area (Å²) < 4.78 is 1.02. The van der Waals surface area contributed by atoms with Gasteiger partial charge in [-0.3, -0.25) is 9.59 Å². The van der Waals surface area contributed by atoms with Crippen molar-refractivity contribution >= 4 is 56.7 Å². The number of rotatable bonds is 5. The summed E-state index contributed by atoms with van der Waals surface area (Å²) in [7, 11) is 0. The lowest BCUT2D eigenvalue weighted by Crippen LogP contribution is -2.43. The first-order valence-electron chi connectivity index (χ1n) is 19.2. The largest absolute Gasteiger partial charge is 0.369 e. The fourth-order valence-corrected chi connectivity index (χ4v) is 8.76. The molecule has 4 aromatic rings. The van der Waals surface area contributed by atoms with E-state index >= 15 is 0 Å². The van der Waals surface area contributed by atoms with Crippen LogP contribution in [0, 0.1) is 0 Å². The highest BCUT2D eigenvalue weighted by Gasteiger charge is 2.46. The number of hydrogen-bond acceptors (Lipinski definition) is 10. The summed E-state index contributed by atoms with van der Waals surface area (Å²) in [6.45, 7) is 4.11. The lowest BCUT2D eigenvalue weighted by Gasteiger charge is -2.29. The van der Waals surface area contributed by atoms with E-state index in [2.05, 4.69) is 81.6 Å². The molecule has 2 saturated carbocycles. The molecule has 0 unspecified atom stereocenters. The van der Waals surface area contributed by atoms with Crippen molar-refractivity contribution in [3.8, 4) is 0 Å². The van der Waals surface area contributed by atoms with Crippen LogP contribution in [0.15, 0.2) is 65.4 Å². The van der Waals surface area contributed by atoms with Gasteiger partial charge < -0.3 is 31.5 Å². The Kier molecular flexibility index (Phi) is 10.3. The van der Waals surface area contributed by atoms with Crippen LogP contribution in [0.2, 0.25) is 0 Å². The molecule has 53 heavy (non-hydrogen) atoms. The molecule has 12 nitrogen and oxygen atoms in total. The predicted molar refractivity (Wildman–Crippen MR) is 210 cm³/mol. The molecule has 276 valence electrons. The molecule has 5 heterocycles. The van der Waals surface area contributed by atoms with Gasteiger partial charge in [0.15, 0.2) is 0 Å². The third-order valence-electron chi connectivity index (χ3n) is 11.3. The third kappa shape index (κ3) is 7.59. The molecule has 2 aliphatic carbocycles. The summed E-state index contributed by atoms with van der Waals surface area (Å²) in [6.07, 6.45) is 16.6. The molecule has 5 aliphatic rings. The summed E-state index contributed by atoms with van der Waals surface area (Å²) in [5.41, 5.74) is 5.49. The van der Waals surface area contributed by atoms with Crippen LogP contribution in [0.1, 0.15) is 109 Å². The molecule has 0 bridgehead atoms. The number of benzene rings is 2. The number of carbonyl (C=O) groups excluding carboxylic acids is 2. The summed E-state index contributed by atoms with van der Waals surface area (Å²) >= 11 is 3.43. The van der Waals surface area contributed by atoms with Crippen LogP contribution in [0.3, 0.4) is 0 Å². The number of amides is 2. The molecule has 9 rings (SSSR count). The van der Waals surface area contributed by atoms with E-state index in [-0.39, 0.29) is 22.9 Å². The second kappa shape index (κ2) is 15.4. The van der Waals surface area contributed by atoms with Crippen molar-refractivity contribution in [2.45, 2.75) is 88.1 Å². The van der Waals surface area contributed by atoms with E-state index in [4.69, 9.17) is 9.97 Å². The minimum absolute atomic E-state index is 0.0335. The Balaban J connectivity index is 0.000000154. The van der Waals surface area contributed by atoms with Gasteiger partial charge in [-0.05, 0) is 74.2 Å². The molecule has 2 aromatic heterocycles. The van der Waals surface area contributed by atoms with Gasteiger partial charge in [-0.15, -0.1) is 0 Å². The highest BCUT2D eigenvalue weighted by atomic mass is 79.9. The van der Waals surface area contributed by atoms with Gasteiger partial charge in [0.2, 0.25) is 11.9 Å². The average Bonchev–Trinajstić information content (AvgIpc) is 3.36. The van der Waals surface area contributed by atoms with Crippen LogP contribution in [0.25, 0.3) is 0 Å². The fraction of sp³-hybridized carbons (Fsp3) is 0.450. The van der Waals surface area contributed by atoms with Gasteiger partial charge in [-0.1, -0.05) is 67.3 Å². The summed E-state index contributed by atoms with van der Waals surface area (Å²) in [6, 6.07) is 16.3. The minimum Gasteiger partial charge on any atom is -0.369 e. The Bertz CT molecular complexity index is 1930.